The second-order valence-corrected chi connectivity index (χ2v) is 10.8. The van der Waals surface area contributed by atoms with Crippen LogP contribution in [0.2, 0.25) is 0 Å². The van der Waals surface area contributed by atoms with Crippen LogP contribution in [0.1, 0.15) is 50.2 Å². The molecule has 0 saturated carbocycles. The fourth-order valence-corrected chi connectivity index (χ4v) is 5.47. The molecule has 3 aromatic rings. The quantitative estimate of drug-likeness (QED) is 0.260. The summed E-state index contributed by atoms with van der Waals surface area (Å²) < 4.78 is 19.3. The van der Waals surface area contributed by atoms with Gasteiger partial charge < -0.3 is 23.7 Å². The van der Waals surface area contributed by atoms with Gasteiger partial charge in [-0.15, -0.1) is 0 Å². The van der Waals surface area contributed by atoms with Crippen molar-refractivity contribution >= 4 is 17.2 Å². The van der Waals surface area contributed by atoms with E-state index in [4.69, 9.17) is 19.2 Å². The minimum Gasteiger partial charge on any atom is -0.497 e. The van der Waals surface area contributed by atoms with Crippen molar-refractivity contribution in [2.75, 3.05) is 40.5 Å². The van der Waals surface area contributed by atoms with Crippen molar-refractivity contribution in [1.29, 1.82) is 0 Å². The van der Waals surface area contributed by atoms with Gasteiger partial charge in [0, 0.05) is 6.20 Å². The van der Waals surface area contributed by atoms with Crippen molar-refractivity contribution < 1.29 is 14.2 Å². The molecule has 0 spiro atoms. The molecule has 0 atom stereocenters. The molecule has 7 nitrogen and oxygen atoms in total. The number of hydrogen-bond donors (Lipinski definition) is 0. The summed E-state index contributed by atoms with van der Waals surface area (Å²) in [5.74, 6) is 2.95. The van der Waals surface area contributed by atoms with Gasteiger partial charge in [-0.2, -0.15) is 0 Å². The Balaban J connectivity index is 1.21. The van der Waals surface area contributed by atoms with E-state index in [1.807, 2.05) is 36.8 Å². The maximum atomic E-state index is 6.14. The predicted molar refractivity (Wildman–Crippen MR) is 165 cm³/mol. The van der Waals surface area contributed by atoms with E-state index in [1.54, 1.807) is 14.2 Å². The average Bonchev–Trinajstić information content (AvgIpc) is 3.38. The fraction of sp³-hybridized carbons (Fsp3) is 0.412. The van der Waals surface area contributed by atoms with Crippen LogP contribution >= 0.6 is 0 Å². The van der Waals surface area contributed by atoms with Crippen LogP contribution in [0.15, 0.2) is 78.5 Å². The maximum absolute atomic E-state index is 6.14. The molecule has 2 aliphatic rings. The second-order valence-electron chi connectivity index (χ2n) is 10.8. The smallest absolute Gasteiger partial charge is 0.161 e. The van der Waals surface area contributed by atoms with Crippen LogP contribution in [0.3, 0.4) is 0 Å². The van der Waals surface area contributed by atoms with Crippen molar-refractivity contribution in [1.82, 2.24) is 19.4 Å². The third-order valence-corrected chi connectivity index (χ3v) is 7.80. The normalized spacial score (nSPS) is 18.9. The van der Waals surface area contributed by atoms with Crippen molar-refractivity contribution in [3.63, 3.8) is 0 Å². The number of hydrogen-bond acceptors (Lipinski definition) is 6. The maximum Gasteiger partial charge on any atom is 0.161 e. The van der Waals surface area contributed by atoms with Crippen LogP contribution in [0.25, 0.3) is 17.2 Å². The Hall–Kier alpha value is -3.84. The minimum atomic E-state index is 0.466. The van der Waals surface area contributed by atoms with Crippen LogP contribution in [-0.4, -0.2) is 59.9 Å². The number of likely N-dealkylation sites (tertiary alicyclic amines) is 1. The lowest BCUT2D eigenvalue weighted by atomic mass is 9.95. The lowest BCUT2D eigenvalue weighted by molar-refractivity contribution is 0.204. The van der Waals surface area contributed by atoms with Gasteiger partial charge in [0.05, 0.1) is 27.1 Å². The first-order valence-corrected chi connectivity index (χ1v) is 14.8. The summed E-state index contributed by atoms with van der Waals surface area (Å²) in [7, 11) is 3.37. The van der Waals surface area contributed by atoms with Gasteiger partial charge in [-0.05, 0) is 105 Å². The molecular weight excluding hydrogens is 512 g/mol. The number of benzene rings is 1. The highest BCUT2D eigenvalue weighted by atomic mass is 16.5. The lowest BCUT2D eigenvalue weighted by Crippen LogP contribution is -2.33. The summed E-state index contributed by atoms with van der Waals surface area (Å²) in [6.45, 7) is 6.98. The van der Waals surface area contributed by atoms with Gasteiger partial charge in [-0.3, -0.25) is 0 Å². The number of rotatable bonds is 11. The van der Waals surface area contributed by atoms with E-state index in [-0.39, 0.29) is 0 Å². The number of aromatic nitrogens is 3. The van der Waals surface area contributed by atoms with Gasteiger partial charge in [0.15, 0.2) is 17.1 Å². The van der Waals surface area contributed by atoms with Crippen LogP contribution in [-0.2, 0) is 11.3 Å². The molecule has 0 unspecified atom stereocenters. The molecule has 1 saturated heterocycles. The van der Waals surface area contributed by atoms with Gasteiger partial charge in [0.25, 0.3) is 0 Å². The van der Waals surface area contributed by atoms with Gasteiger partial charge in [-0.1, -0.05) is 37.3 Å². The van der Waals surface area contributed by atoms with Crippen LogP contribution < -0.4 is 9.47 Å². The zero-order valence-corrected chi connectivity index (χ0v) is 24.6. The van der Waals surface area contributed by atoms with Gasteiger partial charge in [-0.25, -0.2) is 9.97 Å². The van der Waals surface area contributed by atoms with Crippen molar-refractivity contribution in [3.05, 3.63) is 89.6 Å². The summed E-state index contributed by atoms with van der Waals surface area (Å²) in [5, 5.41) is 0. The van der Waals surface area contributed by atoms with E-state index in [0.29, 0.717) is 24.8 Å². The number of fused-ring (bicyclic) bond motifs is 1. The lowest BCUT2D eigenvalue weighted by Gasteiger charge is -2.30. The molecular formula is C34H42N4O3. The van der Waals surface area contributed by atoms with Crippen molar-refractivity contribution in [3.8, 4) is 11.5 Å². The molecule has 0 amide bonds. The van der Waals surface area contributed by atoms with Crippen LogP contribution in [0, 0.1) is 5.92 Å². The Morgan fingerprint density at radius 3 is 2.63 bits per heavy atom. The standard InChI is InChI=1S/C34H42N4O3/c1-4-17-37-18-15-26(16-19-37)9-10-28-20-31-34(35-22-28)38(25-36-31)23-29-12-14-32(33(21-29)40-3)41-24-27-7-5-6-8-30(39-2)13-11-27/h7-14,20-22,25-26H,4-6,15-19,23-24H2,1-3H3/b10-9-,13-11-,27-7+,30-8?. The average molecular weight is 555 g/mol. The summed E-state index contributed by atoms with van der Waals surface area (Å²) in [5.41, 5.74) is 5.09. The highest BCUT2D eigenvalue weighted by Crippen LogP contribution is 2.30. The molecule has 0 N–H and O–H groups in total. The van der Waals surface area contributed by atoms with E-state index >= 15 is 0 Å². The van der Waals surface area contributed by atoms with Crippen molar-refractivity contribution in [2.24, 2.45) is 5.92 Å². The third kappa shape index (κ3) is 7.67. The Kier molecular flexibility index (Phi) is 9.91. The molecule has 3 heterocycles. The van der Waals surface area contributed by atoms with E-state index in [0.717, 1.165) is 52.2 Å². The molecule has 216 valence electrons. The Morgan fingerprint density at radius 2 is 1.83 bits per heavy atom. The third-order valence-electron chi connectivity index (χ3n) is 7.80. The molecule has 1 fully saturated rings. The number of methoxy groups -OCH3 is 2. The van der Waals surface area contributed by atoms with Gasteiger partial charge in [0.1, 0.15) is 17.9 Å². The Morgan fingerprint density at radius 1 is 0.976 bits per heavy atom. The van der Waals surface area contributed by atoms with Gasteiger partial charge >= 0.3 is 0 Å². The van der Waals surface area contributed by atoms with Crippen LogP contribution in [0.4, 0.5) is 0 Å². The first kappa shape index (κ1) is 28.7. The second kappa shape index (κ2) is 14.2. The largest absolute Gasteiger partial charge is 0.497 e. The monoisotopic (exact) mass is 554 g/mol. The highest BCUT2D eigenvalue weighted by molar-refractivity contribution is 5.74. The van der Waals surface area contributed by atoms with Gasteiger partial charge in [0.2, 0.25) is 0 Å². The molecule has 1 aromatic carbocycles. The SMILES string of the molecule is CCCN1CCC(/C=C\c2cnc3c(c2)ncn3Cc2ccc(OCC3=C/CCC=C(OC)/C=C\3)c(OC)c2)CC1. The number of imidazole rings is 1. The Bertz CT molecular complexity index is 1430. The highest BCUT2D eigenvalue weighted by Gasteiger charge is 2.16. The van der Waals surface area contributed by atoms with E-state index in [1.165, 1.54) is 38.9 Å². The molecule has 7 heteroatoms. The minimum absolute atomic E-state index is 0.466. The molecule has 1 aliphatic carbocycles. The number of nitrogens with zero attached hydrogens (tertiary/aromatic N) is 4. The molecule has 41 heavy (non-hydrogen) atoms. The van der Waals surface area contributed by atoms with E-state index in [9.17, 15) is 0 Å². The first-order chi connectivity index (χ1) is 20.1. The number of allylic oxidation sites excluding steroid dienone is 4. The molecule has 0 bridgehead atoms. The molecule has 1 aliphatic heterocycles. The van der Waals surface area contributed by atoms with E-state index in [2.05, 4.69) is 57.8 Å². The number of piperidine rings is 1. The fourth-order valence-electron chi connectivity index (χ4n) is 5.47. The summed E-state index contributed by atoms with van der Waals surface area (Å²) >= 11 is 0. The molecule has 0 radical (unpaired) electrons. The zero-order chi connectivity index (χ0) is 28.4. The van der Waals surface area contributed by atoms with E-state index < -0.39 is 0 Å². The topological polar surface area (TPSA) is 61.6 Å². The molecule has 5 rings (SSSR count). The molecule has 2 aromatic heterocycles. The summed E-state index contributed by atoms with van der Waals surface area (Å²) in [4.78, 5) is 12.0. The number of pyridine rings is 1. The van der Waals surface area contributed by atoms with Crippen molar-refractivity contribution in [2.45, 2.75) is 45.6 Å². The summed E-state index contributed by atoms with van der Waals surface area (Å²) in [6.07, 6.45) is 22.3. The first-order valence-electron chi connectivity index (χ1n) is 14.8. The number of ether oxygens (including phenoxy) is 3. The van der Waals surface area contributed by atoms with Crippen LogP contribution in [0.5, 0.6) is 11.5 Å². The zero-order valence-electron chi connectivity index (χ0n) is 24.6. The Labute approximate surface area is 243 Å². The summed E-state index contributed by atoms with van der Waals surface area (Å²) in [6, 6.07) is 8.20. The predicted octanol–water partition coefficient (Wildman–Crippen LogP) is 6.81.